The SMILES string of the molecule is Cc1cc(OCC(=O)OCC(=O)N[C@@H]2CCC[C@H](C)[C@H]2C)ccc1Cl. The van der Waals surface area contributed by atoms with Gasteiger partial charge in [-0.25, -0.2) is 4.79 Å². The van der Waals surface area contributed by atoms with Crippen LogP contribution < -0.4 is 10.1 Å². The van der Waals surface area contributed by atoms with E-state index < -0.39 is 5.97 Å². The maximum atomic E-state index is 12.0. The van der Waals surface area contributed by atoms with E-state index in [0.29, 0.717) is 22.6 Å². The molecule has 0 aliphatic heterocycles. The maximum absolute atomic E-state index is 12.0. The van der Waals surface area contributed by atoms with Crippen molar-refractivity contribution in [1.29, 1.82) is 0 Å². The van der Waals surface area contributed by atoms with E-state index in [0.717, 1.165) is 18.4 Å². The molecule has 1 amide bonds. The van der Waals surface area contributed by atoms with Gasteiger partial charge in [-0.3, -0.25) is 4.79 Å². The second kappa shape index (κ2) is 9.09. The van der Waals surface area contributed by atoms with Crippen LogP contribution in [0.5, 0.6) is 5.75 Å². The van der Waals surface area contributed by atoms with E-state index in [-0.39, 0.29) is 25.2 Å². The summed E-state index contributed by atoms with van der Waals surface area (Å²) in [5.74, 6) is 0.727. The van der Waals surface area contributed by atoms with Crippen LogP contribution in [0.2, 0.25) is 5.02 Å². The summed E-state index contributed by atoms with van der Waals surface area (Å²) < 4.78 is 10.3. The van der Waals surface area contributed by atoms with Crippen molar-refractivity contribution < 1.29 is 19.1 Å². The van der Waals surface area contributed by atoms with Crippen LogP contribution in [0.1, 0.15) is 38.7 Å². The number of benzene rings is 1. The number of rotatable bonds is 6. The Labute approximate surface area is 154 Å². The molecule has 1 saturated carbocycles. The zero-order valence-electron chi connectivity index (χ0n) is 15.0. The normalized spacial score (nSPS) is 23.0. The molecule has 1 N–H and O–H groups in total. The van der Waals surface area contributed by atoms with Crippen LogP contribution in [-0.2, 0) is 14.3 Å². The van der Waals surface area contributed by atoms with Gasteiger partial charge in [0.1, 0.15) is 5.75 Å². The second-order valence-corrected chi connectivity index (χ2v) is 7.21. The fraction of sp³-hybridized carbons (Fsp3) is 0.579. The van der Waals surface area contributed by atoms with E-state index in [9.17, 15) is 9.59 Å². The third-order valence-electron chi connectivity index (χ3n) is 4.90. The highest BCUT2D eigenvalue weighted by Gasteiger charge is 2.28. The van der Waals surface area contributed by atoms with Gasteiger partial charge in [0, 0.05) is 11.1 Å². The van der Waals surface area contributed by atoms with Crippen LogP contribution in [0, 0.1) is 18.8 Å². The number of carbonyl (C=O) groups excluding carboxylic acids is 2. The number of amides is 1. The van der Waals surface area contributed by atoms with E-state index in [1.165, 1.54) is 6.42 Å². The molecule has 0 saturated heterocycles. The lowest BCUT2D eigenvalue weighted by molar-refractivity contribution is -0.150. The number of hydrogen-bond donors (Lipinski definition) is 1. The molecule has 5 nitrogen and oxygen atoms in total. The Hall–Kier alpha value is -1.75. The number of hydrogen-bond acceptors (Lipinski definition) is 4. The molecule has 3 atom stereocenters. The fourth-order valence-electron chi connectivity index (χ4n) is 3.07. The fourth-order valence-corrected chi connectivity index (χ4v) is 3.19. The highest BCUT2D eigenvalue weighted by molar-refractivity contribution is 6.31. The van der Waals surface area contributed by atoms with Gasteiger partial charge >= 0.3 is 5.97 Å². The number of ether oxygens (including phenoxy) is 2. The lowest BCUT2D eigenvalue weighted by atomic mass is 9.78. The first kappa shape index (κ1) is 19.6. The minimum Gasteiger partial charge on any atom is -0.482 e. The van der Waals surface area contributed by atoms with Crippen molar-refractivity contribution in [2.24, 2.45) is 11.8 Å². The minimum absolute atomic E-state index is 0.156. The van der Waals surface area contributed by atoms with E-state index in [4.69, 9.17) is 21.1 Å². The summed E-state index contributed by atoms with van der Waals surface area (Å²) in [5, 5.41) is 3.61. The Kier molecular flexibility index (Phi) is 7.12. The third kappa shape index (κ3) is 5.92. The van der Waals surface area contributed by atoms with Gasteiger partial charge in [0.05, 0.1) is 0 Å². The van der Waals surface area contributed by atoms with Crippen LogP contribution in [0.25, 0.3) is 0 Å². The van der Waals surface area contributed by atoms with Crippen LogP contribution in [0.15, 0.2) is 18.2 Å². The van der Waals surface area contributed by atoms with Crippen molar-refractivity contribution in [2.75, 3.05) is 13.2 Å². The Balaban J connectivity index is 1.70. The van der Waals surface area contributed by atoms with Gasteiger partial charge in [-0.1, -0.05) is 38.3 Å². The molecule has 138 valence electrons. The summed E-state index contributed by atoms with van der Waals surface area (Å²) in [4.78, 5) is 23.7. The molecule has 2 rings (SSSR count). The molecule has 0 aromatic heterocycles. The molecule has 1 aliphatic rings. The van der Waals surface area contributed by atoms with E-state index in [1.807, 2.05) is 6.92 Å². The first-order chi connectivity index (χ1) is 11.9. The first-order valence-electron chi connectivity index (χ1n) is 8.70. The molecule has 6 heteroatoms. The highest BCUT2D eigenvalue weighted by atomic mass is 35.5. The molecule has 0 radical (unpaired) electrons. The van der Waals surface area contributed by atoms with Crippen LogP contribution >= 0.6 is 11.6 Å². The van der Waals surface area contributed by atoms with Gasteiger partial charge < -0.3 is 14.8 Å². The largest absolute Gasteiger partial charge is 0.482 e. The third-order valence-corrected chi connectivity index (χ3v) is 5.33. The van der Waals surface area contributed by atoms with Crippen LogP contribution in [0.3, 0.4) is 0 Å². The quantitative estimate of drug-likeness (QED) is 0.781. The Morgan fingerprint density at radius 1 is 1.24 bits per heavy atom. The van der Waals surface area contributed by atoms with Crippen molar-refractivity contribution in [3.63, 3.8) is 0 Å². The van der Waals surface area contributed by atoms with E-state index >= 15 is 0 Å². The summed E-state index contributed by atoms with van der Waals surface area (Å²) in [5.41, 5.74) is 0.864. The zero-order valence-corrected chi connectivity index (χ0v) is 15.8. The lowest BCUT2D eigenvalue weighted by Gasteiger charge is -2.34. The molecule has 25 heavy (non-hydrogen) atoms. The van der Waals surface area contributed by atoms with Crippen molar-refractivity contribution in [1.82, 2.24) is 5.32 Å². The molecule has 0 bridgehead atoms. The Morgan fingerprint density at radius 2 is 2.00 bits per heavy atom. The summed E-state index contributed by atoms with van der Waals surface area (Å²) >= 11 is 5.94. The monoisotopic (exact) mass is 367 g/mol. The average molecular weight is 368 g/mol. The molecule has 0 heterocycles. The molecular weight excluding hydrogens is 342 g/mol. The van der Waals surface area contributed by atoms with Gasteiger partial charge in [0.15, 0.2) is 13.2 Å². The standard InChI is InChI=1S/C19H26ClNO4/c1-12-5-4-6-17(14(12)3)21-18(22)10-25-19(23)11-24-15-7-8-16(20)13(2)9-15/h7-9,12,14,17H,4-6,10-11H2,1-3H3,(H,21,22)/t12-,14+,17+/m0/s1. The van der Waals surface area contributed by atoms with Crippen LogP contribution in [-0.4, -0.2) is 31.1 Å². The topological polar surface area (TPSA) is 64.6 Å². The number of halogens is 1. The zero-order chi connectivity index (χ0) is 18.4. The van der Waals surface area contributed by atoms with Crippen molar-refractivity contribution in [3.05, 3.63) is 28.8 Å². The number of carbonyl (C=O) groups is 2. The van der Waals surface area contributed by atoms with Gasteiger partial charge in [-0.05, 0) is 48.9 Å². The average Bonchev–Trinajstić information content (AvgIpc) is 2.58. The first-order valence-corrected chi connectivity index (χ1v) is 9.08. The maximum Gasteiger partial charge on any atom is 0.344 e. The smallest absolute Gasteiger partial charge is 0.344 e. The molecule has 1 aromatic rings. The van der Waals surface area contributed by atoms with E-state index in [2.05, 4.69) is 19.2 Å². The number of esters is 1. The molecule has 1 aromatic carbocycles. The van der Waals surface area contributed by atoms with Gasteiger partial charge in [-0.2, -0.15) is 0 Å². The van der Waals surface area contributed by atoms with Gasteiger partial charge in [-0.15, -0.1) is 0 Å². The van der Waals surface area contributed by atoms with Crippen molar-refractivity contribution >= 4 is 23.5 Å². The molecule has 0 unspecified atom stereocenters. The summed E-state index contributed by atoms with van der Waals surface area (Å²) in [6, 6.07) is 5.29. The molecule has 1 fully saturated rings. The van der Waals surface area contributed by atoms with Crippen molar-refractivity contribution in [2.45, 2.75) is 46.1 Å². The summed E-state index contributed by atoms with van der Waals surface area (Å²) in [6.07, 6.45) is 3.29. The molecule has 0 spiro atoms. The molecular formula is C19H26ClNO4. The minimum atomic E-state index is -0.576. The predicted molar refractivity (Wildman–Crippen MR) is 96.8 cm³/mol. The lowest BCUT2D eigenvalue weighted by Crippen LogP contribution is -2.45. The summed E-state index contributed by atoms with van der Waals surface area (Å²) in [6.45, 7) is 5.69. The number of aryl methyl sites for hydroxylation is 1. The van der Waals surface area contributed by atoms with Gasteiger partial charge in [0.25, 0.3) is 5.91 Å². The molecule has 1 aliphatic carbocycles. The van der Waals surface area contributed by atoms with E-state index in [1.54, 1.807) is 18.2 Å². The Bertz CT molecular complexity index is 619. The Morgan fingerprint density at radius 3 is 2.72 bits per heavy atom. The predicted octanol–water partition coefficient (Wildman–Crippen LogP) is 3.51. The van der Waals surface area contributed by atoms with Gasteiger partial charge in [0.2, 0.25) is 0 Å². The second-order valence-electron chi connectivity index (χ2n) is 6.80. The number of nitrogens with one attached hydrogen (secondary N) is 1. The summed E-state index contributed by atoms with van der Waals surface area (Å²) in [7, 11) is 0. The van der Waals surface area contributed by atoms with Crippen molar-refractivity contribution in [3.8, 4) is 5.75 Å². The highest BCUT2D eigenvalue weighted by Crippen LogP contribution is 2.29. The van der Waals surface area contributed by atoms with Crippen LogP contribution in [0.4, 0.5) is 0 Å².